The molecule has 0 bridgehead atoms. The molecule has 7 heteroatoms. The van der Waals surface area contributed by atoms with Gasteiger partial charge in [-0.05, 0) is 51.7 Å². The van der Waals surface area contributed by atoms with Gasteiger partial charge in [-0.3, -0.25) is 4.90 Å². The molecule has 1 aromatic heterocycles. The zero-order valence-electron chi connectivity index (χ0n) is 17.2. The average molecular weight is 386 g/mol. The highest BCUT2D eigenvalue weighted by Crippen LogP contribution is 2.22. The Balaban J connectivity index is 1.49. The smallest absolute Gasteiger partial charge is 0.410 e. The predicted molar refractivity (Wildman–Crippen MR) is 108 cm³/mol. The number of rotatable bonds is 3. The van der Waals surface area contributed by atoms with Crippen molar-refractivity contribution in [3.05, 3.63) is 23.9 Å². The van der Waals surface area contributed by atoms with Crippen LogP contribution in [0.5, 0.6) is 0 Å². The van der Waals surface area contributed by atoms with Gasteiger partial charge in [-0.2, -0.15) is 5.26 Å². The molecule has 0 spiro atoms. The molecule has 1 aromatic rings. The number of hydrogen-bond acceptors (Lipinski definition) is 6. The molecule has 1 atom stereocenters. The fourth-order valence-corrected chi connectivity index (χ4v) is 3.95. The van der Waals surface area contributed by atoms with Gasteiger partial charge in [0.2, 0.25) is 0 Å². The minimum atomic E-state index is -0.450. The highest BCUT2D eigenvalue weighted by molar-refractivity contribution is 5.68. The summed E-state index contributed by atoms with van der Waals surface area (Å²) in [6, 6.07) is 5.86. The summed E-state index contributed by atoms with van der Waals surface area (Å²) in [5.74, 6) is 1.27. The summed E-state index contributed by atoms with van der Waals surface area (Å²) in [6.45, 7) is 11.9. The summed E-state index contributed by atoms with van der Waals surface area (Å²) < 4.78 is 5.53. The summed E-state index contributed by atoms with van der Waals surface area (Å²) in [4.78, 5) is 23.3. The van der Waals surface area contributed by atoms with Gasteiger partial charge in [0.1, 0.15) is 17.5 Å². The van der Waals surface area contributed by atoms with Crippen LogP contribution in [0.1, 0.15) is 39.2 Å². The monoisotopic (exact) mass is 385 g/mol. The van der Waals surface area contributed by atoms with Crippen molar-refractivity contribution in [1.29, 1.82) is 5.26 Å². The normalized spacial score (nSPS) is 21.3. The molecule has 0 unspecified atom stereocenters. The third kappa shape index (κ3) is 5.35. The van der Waals surface area contributed by atoms with Crippen LogP contribution < -0.4 is 4.90 Å². The van der Waals surface area contributed by atoms with E-state index in [9.17, 15) is 10.1 Å². The molecule has 3 rings (SSSR count). The number of anilines is 1. The summed E-state index contributed by atoms with van der Waals surface area (Å²) >= 11 is 0. The second-order valence-corrected chi connectivity index (χ2v) is 8.71. The Bertz CT molecular complexity index is 716. The lowest BCUT2D eigenvalue weighted by Gasteiger charge is -2.40. The molecule has 28 heavy (non-hydrogen) atoms. The van der Waals surface area contributed by atoms with Crippen molar-refractivity contribution in [2.24, 2.45) is 5.92 Å². The number of aromatic nitrogens is 1. The van der Waals surface area contributed by atoms with Crippen LogP contribution >= 0.6 is 0 Å². The van der Waals surface area contributed by atoms with Crippen LogP contribution in [0.4, 0.5) is 10.6 Å². The van der Waals surface area contributed by atoms with Crippen LogP contribution in [0.3, 0.4) is 0 Å². The van der Waals surface area contributed by atoms with Gasteiger partial charge < -0.3 is 14.5 Å². The zero-order valence-corrected chi connectivity index (χ0v) is 17.2. The molecule has 0 N–H and O–H groups in total. The number of carbonyl (C=O) groups excluding carboxylic acids is 1. The van der Waals surface area contributed by atoms with E-state index in [1.165, 1.54) is 0 Å². The van der Waals surface area contributed by atoms with Gasteiger partial charge in [-0.15, -0.1) is 0 Å². The van der Waals surface area contributed by atoms with E-state index in [0.717, 1.165) is 64.5 Å². The summed E-state index contributed by atoms with van der Waals surface area (Å²) in [5.41, 5.74) is 0.185. The van der Waals surface area contributed by atoms with E-state index in [4.69, 9.17) is 4.74 Å². The fourth-order valence-electron chi connectivity index (χ4n) is 3.95. The van der Waals surface area contributed by atoms with Crippen molar-refractivity contribution in [3.63, 3.8) is 0 Å². The van der Waals surface area contributed by atoms with Crippen LogP contribution in [0, 0.1) is 17.2 Å². The summed E-state index contributed by atoms with van der Waals surface area (Å²) in [7, 11) is 0. The summed E-state index contributed by atoms with van der Waals surface area (Å²) in [6.07, 6.45) is 3.73. The molecule has 152 valence electrons. The van der Waals surface area contributed by atoms with Crippen LogP contribution in [-0.2, 0) is 4.74 Å². The maximum Gasteiger partial charge on any atom is 0.410 e. The molecular formula is C21H31N5O2. The number of likely N-dealkylation sites (tertiary alicyclic amines) is 1. The number of ether oxygens (including phenoxy) is 1. The third-order valence-corrected chi connectivity index (χ3v) is 5.27. The molecule has 1 amide bonds. The SMILES string of the molecule is CC(C)(C)OC(=O)N1CCC[C@H](CN2CCN(c3ncccc3C#N)CC2)C1. The number of hydrogen-bond donors (Lipinski definition) is 0. The topological polar surface area (TPSA) is 72.7 Å². The maximum atomic E-state index is 12.4. The van der Waals surface area contributed by atoms with Crippen molar-refractivity contribution in [2.45, 2.75) is 39.2 Å². The first kappa shape index (κ1) is 20.4. The second kappa shape index (κ2) is 8.78. The van der Waals surface area contributed by atoms with Gasteiger partial charge in [0, 0.05) is 52.0 Å². The Morgan fingerprint density at radius 1 is 1.29 bits per heavy atom. The predicted octanol–water partition coefficient (Wildman–Crippen LogP) is 2.72. The summed E-state index contributed by atoms with van der Waals surface area (Å²) in [5, 5.41) is 9.29. The standard InChI is InChI=1S/C21H31N5O2/c1-21(2,3)28-20(27)26-9-5-6-17(16-26)15-24-10-12-25(13-11-24)19-18(14-22)7-4-8-23-19/h4,7-8,17H,5-6,9-13,15-16H2,1-3H3/t17-/m1/s1. The van der Waals surface area contributed by atoms with Gasteiger partial charge >= 0.3 is 6.09 Å². The molecule has 2 aliphatic rings. The van der Waals surface area contributed by atoms with Crippen LogP contribution in [0.2, 0.25) is 0 Å². The molecule has 3 heterocycles. The van der Waals surface area contributed by atoms with Crippen molar-refractivity contribution in [2.75, 3.05) is 50.7 Å². The number of piperidine rings is 1. The lowest BCUT2D eigenvalue weighted by atomic mass is 9.97. The number of piperazine rings is 1. The molecule has 2 aliphatic heterocycles. The fraction of sp³-hybridized carbons (Fsp3) is 0.667. The molecule has 0 aliphatic carbocycles. The van der Waals surface area contributed by atoms with Gasteiger partial charge in [0.25, 0.3) is 0 Å². The first-order valence-electron chi connectivity index (χ1n) is 10.2. The quantitative estimate of drug-likeness (QED) is 0.797. The van der Waals surface area contributed by atoms with Crippen molar-refractivity contribution in [3.8, 4) is 6.07 Å². The largest absolute Gasteiger partial charge is 0.444 e. The zero-order chi connectivity index (χ0) is 20.1. The van der Waals surface area contributed by atoms with E-state index < -0.39 is 5.60 Å². The first-order chi connectivity index (χ1) is 13.4. The van der Waals surface area contributed by atoms with E-state index in [0.29, 0.717) is 11.5 Å². The molecule has 2 fully saturated rings. The Kier molecular flexibility index (Phi) is 6.40. The van der Waals surface area contributed by atoms with E-state index in [1.807, 2.05) is 31.7 Å². The number of pyridine rings is 1. The molecule has 0 saturated carbocycles. The second-order valence-electron chi connectivity index (χ2n) is 8.71. The van der Waals surface area contributed by atoms with Crippen LogP contribution in [-0.4, -0.2) is 72.3 Å². The highest BCUT2D eigenvalue weighted by Gasteiger charge is 2.29. The van der Waals surface area contributed by atoms with Crippen molar-refractivity contribution < 1.29 is 9.53 Å². The molecule has 0 radical (unpaired) electrons. The number of carbonyl (C=O) groups is 1. The Morgan fingerprint density at radius 2 is 2.04 bits per heavy atom. The van der Waals surface area contributed by atoms with Crippen LogP contribution in [0.15, 0.2) is 18.3 Å². The van der Waals surface area contributed by atoms with E-state index in [2.05, 4.69) is 20.9 Å². The van der Waals surface area contributed by atoms with Gasteiger partial charge in [0.15, 0.2) is 0 Å². The molecule has 2 saturated heterocycles. The van der Waals surface area contributed by atoms with Crippen molar-refractivity contribution >= 4 is 11.9 Å². The van der Waals surface area contributed by atoms with Gasteiger partial charge in [-0.25, -0.2) is 9.78 Å². The Labute approximate surface area is 167 Å². The van der Waals surface area contributed by atoms with Gasteiger partial charge in [-0.1, -0.05) is 0 Å². The van der Waals surface area contributed by atoms with Crippen molar-refractivity contribution in [1.82, 2.24) is 14.8 Å². The third-order valence-electron chi connectivity index (χ3n) is 5.27. The first-order valence-corrected chi connectivity index (χ1v) is 10.2. The Hall–Kier alpha value is -2.33. The number of nitrogens with zero attached hydrogens (tertiary/aromatic N) is 5. The Morgan fingerprint density at radius 3 is 2.71 bits per heavy atom. The number of nitriles is 1. The average Bonchev–Trinajstić information content (AvgIpc) is 2.67. The minimum absolute atomic E-state index is 0.193. The highest BCUT2D eigenvalue weighted by atomic mass is 16.6. The molecule has 0 aromatic carbocycles. The van der Waals surface area contributed by atoms with Gasteiger partial charge in [0.05, 0.1) is 5.56 Å². The van der Waals surface area contributed by atoms with E-state index >= 15 is 0 Å². The number of amides is 1. The molecule has 7 nitrogen and oxygen atoms in total. The lowest BCUT2D eigenvalue weighted by molar-refractivity contribution is 0.0143. The van der Waals surface area contributed by atoms with Crippen LogP contribution in [0.25, 0.3) is 0 Å². The van der Waals surface area contributed by atoms with E-state index in [1.54, 1.807) is 12.3 Å². The minimum Gasteiger partial charge on any atom is -0.444 e. The lowest BCUT2D eigenvalue weighted by Crippen LogP contribution is -2.50. The molecular weight excluding hydrogens is 354 g/mol. The van der Waals surface area contributed by atoms with E-state index in [-0.39, 0.29) is 6.09 Å². The maximum absolute atomic E-state index is 12.4.